The molecule has 0 spiro atoms. The van der Waals surface area contributed by atoms with Gasteiger partial charge in [-0.3, -0.25) is 9.36 Å². The largest absolute Gasteiger partial charge is 0.493 e. The first kappa shape index (κ1) is 23.1. The van der Waals surface area contributed by atoms with Crippen LogP contribution in [0.3, 0.4) is 0 Å². The molecule has 0 fully saturated rings. The summed E-state index contributed by atoms with van der Waals surface area (Å²) in [7, 11) is 0. The number of hydrogen-bond donors (Lipinski definition) is 2. The van der Waals surface area contributed by atoms with E-state index in [9.17, 15) is 9.90 Å². The first-order chi connectivity index (χ1) is 17.0. The lowest BCUT2D eigenvalue weighted by Gasteiger charge is -2.10. The number of thioether (sulfide) groups is 1. The third-order valence-corrected chi connectivity index (χ3v) is 6.48. The molecule has 3 aromatic carbocycles. The fourth-order valence-corrected chi connectivity index (χ4v) is 4.43. The zero-order chi connectivity index (χ0) is 24.4. The summed E-state index contributed by atoms with van der Waals surface area (Å²) in [4.78, 5) is 15.3. The predicted octanol–water partition coefficient (Wildman–Crippen LogP) is 6.83. The van der Waals surface area contributed by atoms with Crippen molar-refractivity contribution < 1.29 is 9.90 Å². The number of carbonyl (C=O) groups excluding carboxylic acids is 1. The first-order valence-corrected chi connectivity index (χ1v) is 12.1. The van der Waals surface area contributed by atoms with Crippen molar-refractivity contribution in [1.29, 1.82) is 0 Å². The molecule has 0 aliphatic heterocycles. The van der Waals surface area contributed by atoms with E-state index in [-0.39, 0.29) is 17.3 Å². The SMILES string of the molecule is O=C(CSc1nnc(-c2ccc(Cl)cc2)n1-c1ccc(Cl)cc1)N=Nc1c(O)[nH]c2ccccc12. The van der Waals surface area contributed by atoms with Crippen LogP contribution >= 0.6 is 35.0 Å². The molecule has 35 heavy (non-hydrogen) atoms. The average molecular weight is 523 g/mol. The van der Waals surface area contributed by atoms with Crippen molar-refractivity contribution >= 4 is 57.5 Å². The van der Waals surface area contributed by atoms with Gasteiger partial charge in [0.05, 0.1) is 11.3 Å². The molecule has 5 rings (SSSR count). The van der Waals surface area contributed by atoms with Crippen LogP contribution in [0.1, 0.15) is 0 Å². The number of carbonyl (C=O) groups is 1. The molecule has 2 aromatic heterocycles. The molecule has 0 radical (unpaired) electrons. The maximum absolute atomic E-state index is 12.5. The Morgan fingerprint density at radius 1 is 0.971 bits per heavy atom. The summed E-state index contributed by atoms with van der Waals surface area (Å²) in [6.07, 6.45) is 0. The van der Waals surface area contributed by atoms with Crippen LogP contribution in [0.15, 0.2) is 88.2 Å². The van der Waals surface area contributed by atoms with Crippen molar-refractivity contribution in [3.63, 3.8) is 0 Å². The Kier molecular flexibility index (Phi) is 6.54. The molecule has 1 amide bonds. The summed E-state index contributed by atoms with van der Waals surface area (Å²) in [6.45, 7) is 0. The summed E-state index contributed by atoms with van der Waals surface area (Å²) < 4.78 is 1.83. The van der Waals surface area contributed by atoms with Gasteiger partial charge in [0.25, 0.3) is 5.91 Å². The molecule has 0 unspecified atom stereocenters. The Morgan fingerprint density at radius 2 is 1.66 bits per heavy atom. The number of aromatic nitrogens is 4. The van der Waals surface area contributed by atoms with Crippen molar-refractivity contribution in [2.75, 3.05) is 5.75 Å². The molecule has 0 aliphatic carbocycles. The minimum atomic E-state index is -0.488. The predicted molar refractivity (Wildman–Crippen MR) is 137 cm³/mol. The molecule has 8 nitrogen and oxygen atoms in total. The summed E-state index contributed by atoms with van der Waals surface area (Å²) in [5.41, 5.74) is 2.51. The van der Waals surface area contributed by atoms with Crippen LogP contribution in [0.25, 0.3) is 28.0 Å². The molecule has 0 saturated heterocycles. The van der Waals surface area contributed by atoms with Crippen molar-refractivity contribution in [2.24, 2.45) is 10.2 Å². The lowest BCUT2D eigenvalue weighted by molar-refractivity contribution is -0.115. The van der Waals surface area contributed by atoms with Crippen molar-refractivity contribution in [2.45, 2.75) is 5.16 Å². The second-order valence-corrected chi connectivity index (χ2v) is 9.19. The van der Waals surface area contributed by atoms with Crippen molar-refractivity contribution in [3.8, 4) is 23.0 Å². The zero-order valence-electron chi connectivity index (χ0n) is 17.9. The zero-order valence-corrected chi connectivity index (χ0v) is 20.2. The van der Waals surface area contributed by atoms with E-state index in [2.05, 4.69) is 25.4 Å². The van der Waals surface area contributed by atoms with Gasteiger partial charge in [-0.15, -0.1) is 20.4 Å². The van der Waals surface area contributed by atoms with Crippen LogP contribution in [-0.4, -0.2) is 36.5 Å². The molecule has 0 saturated carbocycles. The summed E-state index contributed by atoms with van der Waals surface area (Å²) in [6, 6.07) is 21.7. The number of para-hydroxylation sites is 1. The lowest BCUT2D eigenvalue weighted by Crippen LogP contribution is -2.02. The Labute approximate surface area is 213 Å². The van der Waals surface area contributed by atoms with E-state index in [1.165, 1.54) is 11.8 Å². The van der Waals surface area contributed by atoms with Crippen LogP contribution in [0, 0.1) is 0 Å². The standard InChI is InChI=1S/C24H16Cl2N6O2S/c25-15-7-5-14(6-8-15)22-30-31-24(32(22)17-11-9-16(26)10-12-17)35-13-20(33)28-29-21-18-3-1-2-4-19(18)27-23(21)34/h1-12,27,34H,13H2. The van der Waals surface area contributed by atoms with Crippen LogP contribution < -0.4 is 0 Å². The fourth-order valence-electron chi connectivity index (χ4n) is 3.45. The quantitative estimate of drug-likeness (QED) is 0.187. The number of H-pyrrole nitrogens is 1. The minimum Gasteiger partial charge on any atom is -0.493 e. The van der Waals surface area contributed by atoms with Gasteiger partial charge in [-0.2, -0.15) is 0 Å². The molecule has 2 heterocycles. The Bertz CT molecular complexity index is 1550. The maximum atomic E-state index is 12.5. The number of amides is 1. The number of halogens is 2. The number of azo groups is 1. The van der Waals surface area contributed by atoms with Crippen LogP contribution in [0.5, 0.6) is 5.88 Å². The Morgan fingerprint density at radius 3 is 2.40 bits per heavy atom. The smallest absolute Gasteiger partial charge is 0.275 e. The Balaban J connectivity index is 1.40. The maximum Gasteiger partial charge on any atom is 0.275 e. The monoisotopic (exact) mass is 522 g/mol. The van der Waals surface area contributed by atoms with Crippen molar-refractivity contribution in [1.82, 2.24) is 19.7 Å². The summed E-state index contributed by atoms with van der Waals surface area (Å²) >= 11 is 13.3. The van der Waals surface area contributed by atoms with Crippen LogP contribution in [0.2, 0.25) is 10.0 Å². The van der Waals surface area contributed by atoms with Gasteiger partial charge in [0.1, 0.15) is 0 Å². The third-order valence-electron chi connectivity index (χ3n) is 5.07. The van der Waals surface area contributed by atoms with E-state index >= 15 is 0 Å². The van der Waals surface area contributed by atoms with Gasteiger partial charge in [-0.1, -0.05) is 53.2 Å². The fraction of sp³-hybridized carbons (Fsp3) is 0.0417. The van der Waals surface area contributed by atoms with E-state index in [1.807, 2.05) is 41.0 Å². The van der Waals surface area contributed by atoms with E-state index in [0.717, 1.165) is 11.3 Å². The highest BCUT2D eigenvalue weighted by Crippen LogP contribution is 2.35. The molecule has 0 bridgehead atoms. The number of aromatic amines is 1. The van der Waals surface area contributed by atoms with Crippen LogP contribution in [-0.2, 0) is 4.79 Å². The van der Waals surface area contributed by atoms with Gasteiger partial charge in [0, 0.05) is 26.7 Å². The normalized spacial score (nSPS) is 11.5. The number of benzene rings is 3. The number of fused-ring (bicyclic) bond motifs is 1. The molecule has 0 aliphatic rings. The van der Waals surface area contributed by atoms with Gasteiger partial charge in [-0.05, 0) is 54.6 Å². The number of hydrogen-bond acceptors (Lipinski definition) is 6. The topological polar surface area (TPSA) is 109 Å². The van der Waals surface area contributed by atoms with Gasteiger partial charge in [0.15, 0.2) is 16.7 Å². The summed E-state index contributed by atoms with van der Waals surface area (Å²) in [5.74, 6) is -0.0768. The molecular weight excluding hydrogens is 507 g/mol. The number of nitrogens with one attached hydrogen (secondary N) is 1. The Hall–Kier alpha value is -3.66. The van der Waals surface area contributed by atoms with E-state index < -0.39 is 5.91 Å². The molecular formula is C24H16Cl2N6O2S. The third kappa shape index (κ3) is 4.93. The van der Waals surface area contributed by atoms with Gasteiger partial charge >= 0.3 is 0 Å². The second-order valence-electron chi connectivity index (χ2n) is 7.38. The van der Waals surface area contributed by atoms with Gasteiger partial charge in [-0.25, -0.2) is 0 Å². The molecule has 5 aromatic rings. The highest BCUT2D eigenvalue weighted by Gasteiger charge is 2.18. The first-order valence-electron chi connectivity index (χ1n) is 10.3. The van der Waals surface area contributed by atoms with E-state index in [4.69, 9.17) is 23.2 Å². The summed E-state index contributed by atoms with van der Waals surface area (Å²) in [5, 5.41) is 28.8. The molecule has 174 valence electrons. The second kappa shape index (κ2) is 9.91. The van der Waals surface area contributed by atoms with Gasteiger partial charge in [0.2, 0.25) is 5.88 Å². The van der Waals surface area contributed by atoms with Crippen LogP contribution in [0.4, 0.5) is 5.69 Å². The van der Waals surface area contributed by atoms with E-state index in [0.29, 0.717) is 31.9 Å². The molecule has 2 N–H and O–H groups in total. The van der Waals surface area contributed by atoms with Gasteiger partial charge < -0.3 is 10.1 Å². The number of nitrogens with zero attached hydrogens (tertiary/aromatic N) is 5. The molecule has 11 heteroatoms. The number of rotatable bonds is 6. The lowest BCUT2D eigenvalue weighted by atomic mass is 10.2. The highest BCUT2D eigenvalue weighted by atomic mass is 35.5. The van der Waals surface area contributed by atoms with Crippen molar-refractivity contribution in [3.05, 3.63) is 82.8 Å². The average Bonchev–Trinajstić information content (AvgIpc) is 3.42. The highest BCUT2D eigenvalue weighted by molar-refractivity contribution is 7.99. The number of aromatic hydroxyl groups is 1. The van der Waals surface area contributed by atoms with E-state index in [1.54, 1.807) is 36.4 Å². The minimum absolute atomic E-state index is 0.0288. The molecule has 0 atom stereocenters.